The summed E-state index contributed by atoms with van der Waals surface area (Å²) in [6, 6.07) is 70.9. The van der Waals surface area contributed by atoms with Crippen LogP contribution in [0.2, 0.25) is 0 Å². The molecule has 0 spiro atoms. The molecule has 2 aromatic heterocycles. The first kappa shape index (κ1) is 32.3. The smallest absolute Gasteiger partial charge is 0.0788 e. The maximum absolute atomic E-state index is 2.45. The van der Waals surface area contributed by atoms with Crippen LogP contribution in [-0.4, -0.2) is 9.13 Å². The van der Waals surface area contributed by atoms with Crippen LogP contribution in [0.3, 0.4) is 0 Å². The maximum Gasteiger partial charge on any atom is 0.0788 e. The topological polar surface area (TPSA) is 13.1 Å². The molecule has 0 bridgehead atoms. The zero-order chi connectivity index (χ0) is 37.4. The molecule has 11 rings (SSSR count). The van der Waals surface area contributed by atoms with Crippen molar-refractivity contribution in [3.63, 3.8) is 0 Å². The van der Waals surface area contributed by atoms with Crippen LogP contribution in [0.4, 0.5) is 17.1 Å². The van der Waals surface area contributed by atoms with Crippen LogP contribution in [0.5, 0.6) is 0 Å². The average Bonchev–Trinajstić information content (AvgIpc) is 3.91. The molecular weight excluding hydrogens is 679 g/mol. The Labute approximate surface area is 327 Å². The van der Waals surface area contributed by atoms with E-state index in [-0.39, 0.29) is 5.41 Å². The van der Waals surface area contributed by atoms with Gasteiger partial charge in [-0.25, -0.2) is 0 Å². The molecule has 0 radical (unpaired) electrons. The summed E-state index contributed by atoms with van der Waals surface area (Å²) in [5.74, 6) is 0. The van der Waals surface area contributed by atoms with E-state index in [9.17, 15) is 0 Å². The predicted molar refractivity (Wildman–Crippen MR) is 235 cm³/mol. The van der Waals surface area contributed by atoms with Crippen LogP contribution in [0, 0.1) is 0 Å². The Morgan fingerprint density at radius 2 is 1.04 bits per heavy atom. The van der Waals surface area contributed by atoms with E-state index in [4.69, 9.17) is 0 Å². The fourth-order valence-corrected chi connectivity index (χ4v) is 9.21. The Balaban J connectivity index is 1.16. The molecule has 0 atom stereocenters. The molecule has 0 N–H and O–H groups in total. The molecule has 2 heterocycles. The van der Waals surface area contributed by atoms with E-state index in [1.807, 2.05) is 0 Å². The Morgan fingerprint density at radius 1 is 0.429 bits per heavy atom. The highest BCUT2D eigenvalue weighted by Crippen LogP contribution is 2.51. The molecule has 3 heteroatoms. The van der Waals surface area contributed by atoms with Crippen molar-refractivity contribution >= 4 is 49.8 Å². The molecule has 266 valence electrons. The molecule has 0 fully saturated rings. The number of hydrogen-bond acceptors (Lipinski definition) is 1. The molecule has 8 aromatic carbocycles. The molecule has 0 aliphatic heterocycles. The first-order valence-corrected chi connectivity index (χ1v) is 19.4. The predicted octanol–water partition coefficient (Wildman–Crippen LogP) is 14.2. The van der Waals surface area contributed by atoms with Crippen LogP contribution in [-0.2, 0) is 5.41 Å². The third kappa shape index (κ3) is 4.91. The van der Waals surface area contributed by atoms with E-state index in [0.717, 1.165) is 28.4 Å². The average molecular weight is 718 g/mol. The summed E-state index contributed by atoms with van der Waals surface area (Å²) < 4.78 is 4.78. The number of aromatic nitrogens is 2. The molecule has 0 saturated carbocycles. The first-order valence-electron chi connectivity index (χ1n) is 19.4. The summed E-state index contributed by atoms with van der Waals surface area (Å²) in [5, 5.41) is 3.64. The van der Waals surface area contributed by atoms with Crippen molar-refractivity contribution in [2.24, 2.45) is 0 Å². The van der Waals surface area contributed by atoms with Gasteiger partial charge in [0.05, 0.1) is 16.6 Å². The molecule has 10 aromatic rings. The van der Waals surface area contributed by atoms with Gasteiger partial charge in [-0.1, -0.05) is 135 Å². The van der Waals surface area contributed by atoms with Gasteiger partial charge in [0, 0.05) is 56.2 Å². The Bertz CT molecular complexity index is 3080. The number of hydrogen-bond donors (Lipinski definition) is 0. The number of benzene rings is 8. The quantitative estimate of drug-likeness (QED) is 0.167. The van der Waals surface area contributed by atoms with Gasteiger partial charge in [0.25, 0.3) is 0 Å². The van der Waals surface area contributed by atoms with Crippen LogP contribution >= 0.6 is 0 Å². The SMILES string of the molecule is CC1(C)c2ccccc2-c2ccc(N(c3ccc(-c4ccccc4)cc3)c3ccc4c(c3)c3ccc5ccn(-c6ccccc6)c5c3n4-c3ccccc3)cc21. The lowest BCUT2D eigenvalue weighted by Crippen LogP contribution is -2.16. The van der Waals surface area contributed by atoms with Gasteiger partial charge in [-0.3, -0.25) is 0 Å². The van der Waals surface area contributed by atoms with E-state index in [1.54, 1.807) is 0 Å². The lowest BCUT2D eigenvalue weighted by molar-refractivity contribution is 0.660. The van der Waals surface area contributed by atoms with E-state index in [0.29, 0.717) is 0 Å². The van der Waals surface area contributed by atoms with E-state index in [2.05, 4.69) is 228 Å². The van der Waals surface area contributed by atoms with Gasteiger partial charge in [-0.15, -0.1) is 0 Å². The fraction of sp³-hybridized carbons (Fsp3) is 0.0566. The standard InChI is InChI=1S/C53H39N3/c1-53(2)48-21-13-12-20-44(48)45-30-27-43(35-49(45)53)55(41-25-22-37(23-26-41)36-14-6-3-7-15-36)42-28-31-50-47(34-42)46-29-24-38-32-33-54(39-16-8-4-9-17-39)51(38)52(46)56(50)40-18-10-5-11-19-40/h3-35H,1-2H3. The van der Waals surface area contributed by atoms with Gasteiger partial charge in [-0.05, 0) is 106 Å². The summed E-state index contributed by atoms with van der Waals surface area (Å²) in [5.41, 5.74) is 16.9. The summed E-state index contributed by atoms with van der Waals surface area (Å²) >= 11 is 0. The monoisotopic (exact) mass is 717 g/mol. The second-order valence-corrected chi connectivity index (χ2v) is 15.4. The fourth-order valence-electron chi connectivity index (χ4n) is 9.21. The van der Waals surface area contributed by atoms with Gasteiger partial charge in [-0.2, -0.15) is 0 Å². The van der Waals surface area contributed by atoms with Crippen LogP contribution in [0.25, 0.3) is 66.3 Å². The van der Waals surface area contributed by atoms with Gasteiger partial charge in [0.2, 0.25) is 0 Å². The highest BCUT2D eigenvalue weighted by Gasteiger charge is 2.35. The zero-order valence-electron chi connectivity index (χ0n) is 31.4. The van der Waals surface area contributed by atoms with Gasteiger partial charge >= 0.3 is 0 Å². The number of para-hydroxylation sites is 2. The van der Waals surface area contributed by atoms with Crippen molar-refractivity contribution in [1.82, 2.24) is 9.13 Å². The minimum Gasteiger partial charge on any atom is -0.315 e. The highest BCUT2D eigenvalue weighted by atomic mass is 15.1. The van der Waals surface area contributed by atoms with Crippen molar-refractivity contribution in [1.29, 1.82) is 0 Å². The third-order valence-electron chi connectivity index (χ3n) is 11.9. The van der Waals surface area contributed by atoms with Crippen molar-refractivity contribution in [2.75, 3.05) is 4.90 Å². The molecule has 0 saturated heterocycles. The number of anilines is 3. The molecule has 0 amide bonds. The molecule has 56 heavy (non-hydrogen) atoms. The van der Waals surface area contributed by atoms with E-state index >= 15 is 0 Å². The molecule has 3 nitrogen and oxygen atoms in total. The van der Waals surface area contributed by atoms with Gasteiger partial charge in [0.15, 0.2) is 0 Å². The van der Waals surface area contributed by atoms with Crippen LogP contribution < -0.4 is 4.90 Å². The second-order valence-electron chi connectivity index (χ2n) is 15.4. The van der Waals surface area contributed by atoms with Gasteiger partial charge in [0.1, 0.15) is 0 Å². The second kappa shape index (κ2) is 12.5. The number of nitrogens with zero attached hydrogens (tertiary/aromatic N) is 3. The van der Waals surface area contributed by atoms with Crippen LogP contribution in [0.15, 0.2) is 200 Å². The van der Waals surface area contributed by atoms with Crippen molar-refractivity contribution in [2.45, 2.75) is 19.3 Å². The van der Waals surface area contributed by atoms with Crippen molar-refractivity contribution < 1.29 is 0 Å². The molecular formula is C53H39N3. The zero-order valence-corrected chi connectivity index (χ0v) is 31.4. The lowest BCUT2D eigenvalue weighted by atomic mass is 9.82. The number of fused-ring (bicyclic) bond motifs is 8. The first-order chi connectivity index (χ1) is 27.5. The van der Waals surface area contributed by atoms with Crippen LogP contribution in [0.1, 0.15) is 25.0 Å². The summed E-state index contributed by atoms with van der Waals surface area (Å²) in [7, 11) is 0. The maximum atomic E-state index is 2.45. The third-order valence-corrected chi connectivity index (χ3v) is 11.9. The lowest BCUT2D eigenvalue weighted by Gasteiger charge is -2.28. The Kier molecular flexibility index (Phi) is 7.20. The minimum absolute atomic E-state index is 0.114. The molecule has 0 unspecified atom stereocenters. The van der Waals surface area contributed by atoms with Crippen molar-refractivity contribution in [3.8, 4) is 33.6 Å². The minimum atomic E-state index is -0.114. The summed E-state index contributed by atoms with van der Waals surface area (Å²) in [4.78, 5) is 2.43. The Morgan fingerprint density at radius 3 is 1.80 bits per heavy atom. The van der Waals surface area contributed by atoms with E-state index < -0.39 is 0 Å². The highest BCUT2D eigenvalue weighted by molar-refractivity contribution is 6.19. The largest absolute Gasteiger partial charge is 0.315 e. The summed E-state index contributed by atoms with van der Waals surface area (Å²) in [6.07, 6.45) is 2.20. The van der Waals surface area contributed by atoms with E-state index in [1.165, 1.54) is 66.1 Å². The Hall–Kier alpha value is -7.10. The number of rotatable bonds is 6. The normalized spacial score (nSPS) is 13.0. The van der Waals surface area contributed by atoms with Crippen molar-refractivity contribution in [3.05, 3.63) is 211 Å². The molecule has 1 aliphatic rings. The molecule has 1 aliphatic carbocycles. The van der Waals surface area contributed by atoms with Gasteiger partial charge < -0.3 is 14.0 Å². The summed E-state index contributed by atoms with van der Waals surface area (Å²) in [6.45, 7) is 4.72.